The van der Waals surface area contributed by atoms with E-state index in [2.05, 4.69) is 28.5 Å². The molecular weight excluding hydrogens is 428 g/mol. The molecule has 0 unspecified atom stereocenters. The Hall–Kier alpha value is -2.77. The molecule has 1 N–H and O–H groups in total. The molecule has 2 aliphatic carbocycles. The zero-order valence-corrected chi connectivity index (χ0v) is 20.3. The van der Waals surface area contributed by atoms with Crippen LogP contribution in [-0.4, -0.2) is 36.5 Å². The number of nitrogens with zero attached hydrogens (tertiary/aromatic N) is 3. The number of amides is 2. The number of fused-ring (bicyclic) bond motifs is 1. The topological polar surface area (TPSA) is 74.8 Å². The summed E-state index contributed by atoms with van der Waals surface area (Å²) in [6, 6.07) is 10.4. The van der Waals surface area contributed by atoms with Gasteiger partial charge in [0.25, 0.3) is 0 Å². The van der Waals surface area contributed by atoms with Gasteiger partial charge >= 0.3 is 0 Å². The van der Waals surface area contributed by atoms with Crippen LogP contribution in [0.5, 0.6) is 0 Å². The van der Waals surface area contributed by atoms with Crippen molar-refractivity contribution in [2.24, 2.45) is 11.3 Å². The lowest BCUT2D eigenvalue weighted by molar-refractivity contribution is -0.137. The van der Waals surface area contributed by atoms with Gasteiger partial charge < -0.3 is 19.9 Å². The van der Waals surface area contributed by atoms with E-state index in [0.29, 0.717) is 32.2 Å². The van der Waals surface area contributed by atoms with E-state index < -0.39 is 5.41 Å². The summed E-state index contributed by atoms with van der Waals surface area (Å²) >= 11 is 0. The fourth-order valence-corrected chi connectivity index (χ4v) is 4.72. The molecule has 1 aromatic carbocycles. The maximum Gasteiger partial charge on any atom is 0.242 e. The van der Waals surface area contributed by atoms with E-state index in [0.717, 1.165) is 53.9 Å². The number of methoxy groups -OCH3 is 1. The first-order valence-electron chi connectivity index (χ1n) is 12.3. The van der Waals surface area contributed by atoms with Crippen molar-refractivity contribution in [2.45, 2.75) is 65.3 Å². The maximum absolute atomic E-state index is 13.6. The molecule has 3 aliphatic rings. The predicted octanol–water partition coefficient (Wildman–Crippen LogP) is 3.80. The summed E-state index contributed by atoms with van der Waals surface area (Å²) < 4.78 is 5.26. The fraction of sp³-hybridized carbons (Fsp3) is 0.519. The minimum atomic E-state index is -1.06. The quantitative estimate of drug-likeness (QED) is 0.574. The molecule has 0 bridgehead atoms. The number of pyridine rings is 1. The van der Waals surface area contributed by atoms with E-state index in [9.17, 15) is 9.59 Å². The third-order valence-electron chi connectivity index (χ3n) is 7.08. The number of nitrogens with one attached hydrogen (secondary N) is 1. The molecular formula is C27H34N4O3. The SMILES string of the molecule is COCc1ncccc1CNCc1ccc2c(c1)N(C1CC1)C(=O)C(C)(C)C(=O)N2CC1CC1. The van der Waals surface area contributed by atoms with Crippen molar-refractivity contribution in [3.05, 3.63) is 53.3 Å². The molecule has 2 amide bonds. The molecule has 2 saturated carbocycles. The van der Waals surface area contributed by atoms with Crippen molar-refractivity contribution < 1.29 is 14.3 Å². The zero-order valence-electron chi connectivity index (χ0n) is 20.3. The third-order valence-corrected chi connectivity index (χ3v) is 7.08. The van der Waals surface area contributed by atoms with Crippen LogP contribution in [0.3, 0.4) is 0 Å². The molecule has 0 saturated heterocycles. The first kappa shape index (κ1) is 23.0. The van der Waals surface area contributed by atoms with Gasteiger partial charge in [0.1, 0.15) is 5.41 Å². The van der Waals surface area contributed by atoms with Gasteiger partial charge in [0.05, 0.1) is 23.7 Å². The summed E-state index contributed by atoms with van der Waals surface area (Å²) in [5.41, 5.74) is 3.83. The average molecular weight is 463 g/mol. The Morgan fingerprint density at radius 2 is 1.85 bits per heavy atom. The molecule has 2 fully saturated rings. The normalized spacial score (nSPS) is 19.9. The summed E-state index contributed by atoms with van der Waals surface area (Å²) in [6.07, 6.45) is 6.07. The first-order valence-corrected chi connectivity index (χ1v) is 12.3. The Kier molecular flexibility index (Phi) is 6.16. The number of carbonyl (C=O) groups excluding carboxylic acids is 2. The number of carbonyl (C=O) groups is 2. The van der Waals surface area contributed by atoms with Crippen LogP contribution >= 0.6 is 0 Å². The molecule has 1 aliphatic heterocycles. The average Bonchev–Trinajstić information content (AvgIpc) is 3.74. The third kappa shape index (κ3) is 4.46. The Labute approximate surface area is 201 Å². The summed E-state index contributed by atoms with van der Waals surface area (Å²) in [5.74, 6) is 0.378. The number of benzene rings is 1. The number of hydrogen-bond donors (Lipinski definition) is 1. The van der Waals surface area contributed by atoms with Crippen molar-refractivity contribution in [3.8, 4) is 0 Å². The molecule has 7 nitrogen and oxygen atoms in total. The summed E-state index contributed by atoms with van der Waals surface area (Å²) in [7, 11) is 1.67. The van der Waals surface area contributed by atoms with Gasteiger partial charge in [-0.25, -0.2) is 0 Å². The minimum absolute atomic E-state index is 0.0794. The number of anilines is 2. The zero-order chi connectivity index (χ0) is 23.9. The van der Waals surface area contributed by atoms with Crippen molar-refractivity contribution in [2.75, 3.05) is 23.5 Å². The van der Waals surface area contributed by atoms with Crippen LogP contribution in [0.2, 0.25) is 0 Å². The highest BCUT2D eigenvalue weighted by Crippen LogP contribution is 2.46. The van der Waals surface area contributed by atoms with E-state index >= 15 is 0 Å². The highest BCUT2D eigenvalue weighted by atomic mass is 16.5. The van der Waals surface area contributed by atoms with Crippen molar-refractivity contribution in [3.63, 3.8) is 0 Å². The van der Waals surface area contributed by atoms with Gasteiger partial charge in [-0.2, -0.15) is 0 Å². The molecule has 5 rings (SSSR count). The Morgan fingerprint density at radius 3 is 2.56 bits per heavy atom. The van der Waals surface area contributed by atoms with Crippen LogP contribution in [-0.2, 0) is 34.0 Å². The summed E-state index contributed by atoms with van der Waals surface area (Å²) in [4.78, 5) is 35.4. The molecule has 0 atom stereocenters. The van der Waals surface area contributed by atoms with Crippen LogP contribution in [0.1, 0.15) is 56.4 Å². The standard InChI is InChI=1S/C27H34N4O3/c1-27(2)25(32)30(16-18-6-7-18)23-11-8-19(13-24(23)31(26(27)33)21-9-10-21)14-28-15-20-5-4-12-29-22(20)17-34-3/h4-5,8,11-13,18,21,28H,6-7,9-10,14-17H2,1-3H3. The van der Waals surface area contributed by atoms with Crippen LogP contribution in [0.25, 0.3) is 0 Å². The largest absolute Gasteiger partial charge is 0.378 e. The monoisotopic (exact) mass is 462 g/mol. The number of rotatable bonds is 9. The highest BCUT2D eigenvalue weighted by Gasteiger charge is 2.50. The lowest BCUT2D eigenvalue weighted by Crippen LogP contribution is -2.49. The van der Waals surface area contributed by atoms with Gasteiger partial charge in [-0.15, -0.1) is 0 Å². The molecule has 1 aromatic heterocycles. The Bertz CT molecular complexity index is 1090. The molecule has 180 valence electrons. The van der Waals surface area contributed by atoms with Crippen LogP contribution in [0.4, 0.5) is 11.4 Å². The van der Waals surface area contributed by atoms with Gasteiger partial charge in [-0.05, 0) is 74.8 Å². The molecule has 0 radical (unpaired) electrons. The highest BCUT2D eigenvalue weighted by molar-refractivity contribution is 6.20. The van der Waals surface area contributed by atoms with Crippen molar-refractivity contribution in [1.82, 2.24) is 10.3 Å². The van der Waals surface area contributed by atoms with Gasteiger partial charge in [0, 0.05) is 39.0 Å². The smallest absolute Gasteiger partial charge is 0.242 e. The van der Waals surface area contributed by atoms with Gasteiger partial charge in [-0.3, -0.25) is 14.6 Å². The molecule has 7 heteroatoms. The first-order chi connectivity index (χ1) is 16.4. The van der Waals surface area contributed by atoms with E-state index in [1.807, 2.05) is 21.9 Å². The molecule has 2 heterocycles. The van der Waals surface area contributed by atoms with E-state index in [1.165, 1.54) is 0 Å². The van der Waals surface area contributed by atoms with Gasteiger partial charge in [0.2, 0.25) is 11.8 Å². The second-order valence-electron chi connectivity index (χ2n) is 10.4. The molecule has 2 aromatic rings. The maximum atomic E-state index is 13.6. The lowest BCUT2D eigenvalue weighted by Gasteiger charge is -2.28. The van der Waals surface area contributed by atoms with Crippen molar-refractivity contribution >= 4 is 23.2 Å². The fourth-order valence-electron chi connectivity index (χ4n) is 4.72. The van der Waals surface area contributed by atoms with Crippen molar-refractivity contribution in [1.29, 1.82) is 0 Å². The predicted molar refractivity (Wildman–Crippen MR) is 131 cm³/mol. The second kappa shape index (κ2) is 9.12. The molecule has 0 spiro atoms. The van der Waals surface area contributed by atoms with E-state index in [1.54, 1.807) is 27.2 Å². The van der Waals surface area contributed by atoms with E-state index in [-0.39, 0.29) is 17.9 Å². The van der Waals surface area contributed by atoms with Crippen LogP contribution in [0, 0.1) is 11.3 Å². The number of hydrogen-bond acceptors (Lipinski definition) is 5. The number of ether oxygens (including phenoxy) is 1. The number of aromatic nitrogens is 1. The molecule has 34 heavy (non-hydrogen) atoms. The minimum Gasteiger partial charge on any atom is -0.378 e. The van der Waals surface area contributed by atoms with Crippen LogP contribution in [0.15, 0.2) is 36.5 Å². The van der Waals surface area contributed by atoms with Crippen LogP contribution < -0.4 is 15.1 Å². The Morgan fingerprint density at radius 1 is 1.06 bits per heavy atom. The second-order valence-corrected chi connectivity index (χ2v) is 10.4. The van der Waals surface area contributed by atoms with Gasteiger partial charge in [0.15, 0.2) is 0 Å². The van der Waals surface area contributed by atoms with Gasteiger partial charge in [-0.1, -0.05) is 12.1 Å². The summed E-state index contributed by atoms with van der Waals surface area (Å²) in [5, 5.41) is 3.51. The van der Waals surface area contributed by atoms with E-state index in [4.69, 9.17) is 4.74 Å². The summed E-state index contributed by atoms with van der Waals surface area (Å²) in [6.45, 7) is 6.08. The lowest BCUT2D eigenvalue weighted by atomic mass is 9.90. The Balaban J connectivity index is 1.42.